The Morgan fingerprint density at radius 1 is 1.00 bits per heavy atom. The molecule has 0 spiro atoms. The molecular weight excluding hydrogens is 446 g/mol. The maximum Gasteiger partial charge on any atom is 0.358 e. The molecule has 0 radical (unpaired) electrons. The van der Waals surface area contributed by atoms with Gasteiger partial charge in [-0.2, -0.15) is 5.10 Å². The molecule has 3 N–H and O–H groups in total. The van der Waals surface area contributed by atoms with Gasteiger partial charge in [-0.1, -0.05) is 43.2 Å². The molecule has 1 fully saturated rings. The first-order chi connectivity index (χ1) is 17.0. The number of hydrogen-bond donors (Lipinski definition) is 3. The van der Waals surface area contributed by atoms with E-state index in [2.05, 4.69) is 21.0 Å². The van der Waals surface area contributed by atoms with Crippen molar-refractivity contribution in [3.8, 4) is 5.69 Å². The Morgan fingerprint density at radius 3 is 2.40 bits per heavy atom. The largest absolute Gasteiger partial charge is 0.461 e. The molecule has 0 bridgehead atoms. The Labute approximate surface area is 203 Å². The van der Waals surface area contributed by atoms with Crippen molar-refractivity contribution in [1.82, 2.24) is 20.4 Å². The van der Waals surface area contributed by atoms with Crippen LogP contribution in [0.25, 0.3) is 5.69 Å². The second-order valence-electron chi connectivity index (χ2n) is 8.45. The van der Waals surface area contributed by atoms with E-state index in [4.69, 9.17) is 4.74 Å². The van der Waals surface area contributed by atoms with Crippen molar-refractivity contribution >= 4 is 23.6 Å². The van der Waals surface area contributed by atoms with E-state index in [0.717, 1.165) is 24.1 Å². The molecule has 3 amide bonds. The molecule has 1 aliphatic carbocycles. The number of aromatic nitrogens is 2. The standard InChI is InChI=1S/C26H29N5O4/c1-2-35-23(32)22-14-17-31(30-22)21-12-10-20(11-13-21)28-24(33)26(15-6-7-16-26)29-25(34)27-18-19-8-4-3-5-9-19/h3-5,8-14,17H,2,6-7,15-16,18H2,1H3,(H,28,33)(H2,27,29,34). The van der Waals surface area contributed by atoms with Crippen LogP contribution in [0.5, 0.6) is 0 Å². The second-order valence-corrected chi connectivity index (χ2v) is 8.45. The molecule has 1 aromatic heterocycles. The highest BCUT2D eigenvalue weighted by molar-refractivity contribution is 6.00. The van der Waals surface area contributed by atoms with Crippen molar-refractivity contribution in [2.75, 3.05) is 11.9 Å². The van der Waals surface area contributed by atoms with Gasteiger partial charge in [0, 0.05) is 18.4 Å². The summed E-state index contributed by atoms with van der Waals surface area (Å²) in [5.41, 5.74) is 1.60. The Kier molecular flexibility index (Phi) is 7.45. The molecule has 9 nitrogen and oxygen atoms in total. The first-order valence-electron chi connectivity index (χ1n) is 11.7. The zero-order chi connectivity index (χ0) is 24.7. The third kappa shape index (κ3) is 5.87. The van der Waals surface area contributed by atoms with Gasteiger partial charge >= 0.3 is 12.0 Å². The van der Waals surface area contributed by atoms with Gasteiger partial charge in [0.15, 0.2) is 5.69 Å². The summed E-state index contributed by atoms with van der Waals surface area (Å²) in [7, 11) is 0. The van der Waals surface area contributed by atoms with Crippen molar-refractivity contribution in [2.24, 2.45) is 0 Å². The van der Waals surface area contributed by atoms with Gasteiger partial charge in [0.2, 0.25) is 5.91 Å². The topological polar surface area (TPSA) is 114 Å². The highest BCUT2D eigenvalue weighted by Crippen LogP contribution is 2.31. The normalized spacial score (nSPS) is 14.2. The van der Waals surface area contributed by atoms with E-state index in [1.807, 2.05) is 30.3 Å². The molecule has 0 unspecified atom stereocenters. The van der Waals surface area contributed by atoms with Gasteiger partial charge in [-0.15, -0.1) is 0 Å². The predicted molar refractivity (Wildman–Crippen MR) is 131 cm³/mol. The van der Waals surface area contributed by atoms with E-state index < -0.39 is 11.5 Å². The number of hydrogen-bond acceptors (Lipinski definition) is 5. The molecule has 182 valence electrons. The van der Waals surface area contributed by atoms with Crippen molar-refractivity contribution < 1.29 is 19.1 Å². The van der Waals surface area contributed by atoms with Gasteiger partial charge in [-0.25, -0.2) is 14.3 Å². The highest BCUT2D eigenvalue weighted by atomic mass is 16.5. The first-order valence-corrected chi connectivity index (χ1v) is 11.7. The molecule has 1 aliphatic rings. The average Bonchev–Trinajstić information content (AvgIpc) is 3.55. The molecule has 1 saturated carbocycles. The Balaban J connectivity index is 1.38. The van der Waals surface area contributed by atoms with Crippen LogP contribution in [-0.4, -0.2) is 39.8 Å². The van der Waals surface area contributed by atoms with Crippen LogP contribution in [0.2, 0.25) is 0 Å². The number of esters is 1. The van der Waals surface area contributed by atoms with Gasteiger partial charge in [0.05, 0.1) is 12.3 Å². The van der Waals surface area contributed by atoms with Crippen LogP contribution < -0.4 is 16.0 Å². The predicted octanol–water partition coefficient (Wildman–Crippen LogP) is 3.80. The van der Waals surface area contributed by atoms with Crippen molar-refractivity contribution in [3.05, 3.63) is 78.1 Å². The number of carbonyl (C=O) groups excluding carboxylic acids is 3. The maximum atomic E-state index is 13.2. The number of nitrogens with one attached hydrogen (secondary N) is 3. The van der Waals surface area contributed by atoms with Gasteiger partial charge in [0.1, 0.15) is 5.54 Å². The molecule has 0 atom stereocenters. The fraction of sp³-hybridized carbons (Fsp3) is 0.308. The van der Waals surface area contributed by atoms with E-state index in [1.54, 1.807) is 48.1 Å². The summed E-state index contributed by atoms with van der Waals surface area (Å²) in [6.07, 6.45) is 4.57. The van der Waals surface area contributed by atoms with E-state index in [0.29, 0.717) is 25.1 Å². The monoisotopic (exact) mass is 475 g/mol. The lowest BCUT2D eigenvalue weighted by atomic mass is 9.96. The SMILES string of the molecule is CCOC(=O)c1ccn(-c2ccc(NC(=O)C3(NC(=O)NCc4ccccc4)CCCC3)cc2)n1. The number of rotatable bonds is 8. The zero-order valence-corrected chi connectivity index (χ0v) is 19.6. The molecule has 2 aromatic carbocycles. The Bertz CT molecular complexity index is 1170. The first kappa shape index (κ1) is 24.0. The van der Waals surface area contributed by atoms with Crippen LogP contribution in [0, 0.1) is 0 Å². The Morgan fingerprint density at radius 2 is 1.71 bits per heavy atom. The van der Waals surface area contributed by atoms with Crippen LogP contribution in [0.15, 0.2) is 66.9 Å². The number of anilines is 1. The number of benzene rings is 2. The molecule has 4 rings (SSSR count). The average molecular weight is 476 g/mol. The Hall–Kier alpha value is -4.14. The minimum Gasteiger partial charge on any atom is -0.461 e. The quantitative estimate of drug-likeness (QED) is 0.429. The van der Waals surface area contributed by atoms with Crippen LogP contribution in [0.4, 0.5) is 10.5 Å². The lowest BCUT2D eigenvalue weighted by molar-refractivity contribution is -0.121. The molecule has 0 saturated heterocycles. The third-order valence-corrected chi connectivity index (χ3v) is 6.00. The fourth-order valence-corrected chi connectivity index (χ4v) is 4.16. The highest BCUT2D eigenvalue weighted by Gasteiger charge is 2.42. The van der Waals surface area contributed by atoms with Crippen LogP contribution in [0.1, 0.15) is 48.7 Å². The summed E-state index contributed by atoms with van der Waals surface area (Å²) in [5, 5.41) is 12.9. The third-order valence-electron chi connectivity index (χ3n) is 6.00. The number of ether oxygens (including phenoxy) is 1. The van der Waals surface area contributed by atoms with E-state index in [1.165, 1.54) is 0 Å². The number of carbonyl (C=O) groups is 3. The maximum absolute atomic E-state index is 13.2. The summed E-state index contributed by atoms with van der Waals surface area (Å²) >= 11 is 0. The lowest BCUT2D eigenvalue weighted by Gasteiger charge is -2.29. The van der Waals surface area contributed by atoms with Gasteiger partial charge in [0.25, 0.3) is 0 Å². The summed E-state index contributed by atoms with van der Waals surface area (Å²) in [4.78, 5) is 37.6. The smallest absolute Gasteiger partial charge is 0.358 e. The molecule has 3 aromatic rings. The van der Waals surface area contributed by atoms with Gasteiger partial charge in [-0.05, 0) is 55.7 Å². The molecule has 0 aliphatic heterocycles. The molecule has 1 heterocycles. The molecule has 9 heteroatoms. The van der Waals surface area contributed by atoms with E-state index in [-0.39, 0.29) is 24.2 Å². The van der Waals surface area contributed by atoms with Crippen LogP contribution >= 0.6 is 0 Å². The van der Waals surface area contributed by atoms with Gasteiger partial charge in [-0.3, -0.25) is 4.79 Å². The van der Waals surface area contributed by atoms with E-state index >= 15 is 0 Å². The zero-order valence-electron chi connectivity index (χ0n) is 19.6. The number of nitrogens with zero attached hydrogens (tertiary/aromatic N) is 2. The van der Waals surface area contributed by atoms with Gasteiger partial charge < -0.3 is 20.7 Å². The fourth-order valence-electron chi connectivity index (χ4n) is 4.16. The van der Waals surface area contributed by atoms with Crippen molar-refractivity contribution in [2.45, 2.75) is 44.7 Å². The van der Waals surface area contributed by atoms with Crippen molar-refractivity contribution in [1.29, 1.82) is 0 Å². The second kappa shape index (κ2) is 10.9. The minimum atomic E-state index is -0.948. The lowest BCUT2D eigenvalue weighted by Crippen LogP contribution is -2.57. The summed E-state index contributed by atoms with van der Waals surface area (Å²) in [6, 6.07) is 17.9. The van der Waals surface area contributed by atoms with Crippen LogP contribution in [-0.2, 0) is 16.1 Å². The summed E-state index contributed by atoms with van der Waals surface area (Å²) in [5.74, 6) is -0.710. The molecule has 35 heavy (non-hydrogen) atoms. The van der Waals surface area contributed by atoms with Crippen molar-refractivity contribution in [3.63, 3.8) is 0 Å². The summed E-state index contributed by atoms with van der Waals surface area (Å²) < 4.78 is 6.53. The van der Waals surface area contributed by atoms with E-state index in [9.17, 15) is 14.4 Å². The summed E-state index contributed by atoms with van der Waals surface area (Å²) in [6.45, 7) is 2.41. The van der Waals surface area contributed by atoms with Crippen LogP contribution in [0.3, 0.4) is 0 Å². The molecular formula is C26H29N5O4. The minimum absolute atomic E-state index is 0.226. The number of urea groups is 1. The number of amides is 3.